The minimum absolute atomic E-state index is 0.218. The largest absolute Gasteiger partial charge is 0.478 e. The number of rotatable bonds is 1. The number of aromatic carboxylic acids is 1. The molecule has 2 unspecified atom stereocenters. The molecule has 0 amide bonds. The van der Waals surface area contributed by atoms with Crippen LogP contribution in [0.3, 0.4) is 0 Å². The fourth-order valence-electron chi connectivity index (χ4n) is 3.37. The second kappa shape index (κ2) is 4.74. The van der Waals surface area contributed by atoms with Crippen molar-refractivity contribution in [2.45, 2.75) is 32.6 Å². The quantitative estimate of drug-likeness (QED) is 0.853. The molecule has 4 heteroatoms. The van der Waals surface area contributed by atoms with Crippen LogP contribution in [-0.4, -0.2) is 16.1 Å². The number of hydrogen-bond acceptors (Lipinski definition) is 2. The van der Waals surface area contributed by atoms with Crippen molar-refractivity contribution in [2.24, 2.45) is 5.92 Å². The Hall–Kier alpha value is -1.61. The summed E-state index contributed by atoms with van der Waals surface area (Å²) in [5.41, 5.74) is 2.78. The van der Waals surface area contributed by atoms with Gasteiger partial charge < -0.3 is 5.11 Å². The Labute approximate surface area is 122 Å². The van der Waals surface area contributed by atoms with E-state index in [1.807, 2.05) is 0 Å². The van der Waals surface area contributed by atoms with Crippen LogP contribution in [0.25, 0.3) is 10.9 Å². The summed E-state index contributed by atoms with van der Waals surface area (Å²) >= 11 is 6.19. The van der Waals surface area contributed by atoms with Gasteiger partial charge in [0, 0.05) is 11.1 Å². The lowest BCUT2D eigenvalue weighted by Gasteiger charge is -2.28. The number of halogens is 1. The van der Waals surface area contributed by atoms with Crippen molar-refractivity contribution in [2.75, 3.05) is 0 Å². The second-order valence-corrected chi connectivity index (χ2v) is 6.14. The Kier molecular flexibility index (Phi) is 3.17. The van der Waals surface area contributed by atoms with Crippen molar-refractivity contribution in [3.8, 4) is 0 Å². The fourth-order valence-corrected chi connectivity index (χ4v) is 3.58. The first-order valence-corrected chi connectivity index (χ1v) is 7.21. The summed E-state index contributed by atoms with van der Waals surface area (Å²) in [5, 5.41) is 10.8. The molecule has 2 atom stereocenters. The predicted molar refractivity (Wildman–Crippen MR) is 79.6 cm³/mol. The highest BCUT2D eigenvalue weighted by molar-refractivity contribution is 6.35. The van der Waals surface area contributed by atoms with Crippen LogP contribution >= 0.6 is 11.6 Å². The first kappa shape index (κ1) is 13.4. The maximum Gasteiger partial charge on any atom is 0.336 e. The number of aromatic nitrogens is 1. The molecule has 0 aliphatic heterocycles. The van der Waals surface area contributed by atoms with E-state index in [1.165, 1.54) is 0 Å². The molecule has 0 radical (unpaired) electrons. The summed E-state index contributed by atoms with van der Waals surface area (Å²) in [6.45, 7) is 4.26. The van der Waals surface area contributed by atoms with Crippen molar-refractivity contribution in [1.29, 1.82) is 0 Å². The lowest BCUT2D eigenvalue weighted by Crippen LogP contribution is -2.20. The van der Waals surface area contributed by atoms with Gasteiger partial charge in [0.05, 0.1) is 16.1 Å². The Morgan fingerprint density at radius 3 is 2.85 bits per heavy atom. The highest BCUT2D eigenvalue weighted by Crippen LogP contribution is 2.39. The average molecular weight is 290 g/mol. The van der Waals surface area contributed by atoms with Gasteiger partial charge in [-0.2, -0.15) is 0 Å². The molecule has 0 saturated carbocycles. The van der Waals surface area contributed by atoms with Crippen LogP contribution in [0.5, 0.6) is 0 Å². The van der Waals surface area contributed by atoms with E-state index in [0.717, 1.165) is 24.1 Å². The Balaban J connectivity index is 2.43. The molecule has 3 nitrogen and oxygen atoms in total. The van der Waals surface area contributed by atoms with Gasteiger partial charge in [0.25, 0.3) is 0 Å². The van der Waals surface area contributed by atoms with Crippen molar-refractivity contribution in [3.05, 3.63) is 40.0 Å². The number of benzene rings is 1. The average Bonchev–Trinajstić information content (AvgIpc) is 2.37. The lowest BCUT2D eigenvalue weighted by atomic mass is 9.78. The molecule has 20 heavy (non-hydrogen) atoms. The number of hydrogen-bond donors (Lipinski definition) is 1. The number of pyridine rings is 1. The summed E-state index contributed by atoms with van der Waals surface area (Å²) in [4.78, 5) is 16.4. The van der Waals surface area contributed by atoms with E-state index in [0.29, 0.717) is 27.4 Å². The fraction of sp³-hybridized carbons (Fsp3) is 0.375. The van der Waals surface area contributed by atoms with E-state index in [4.69, 9.17) is 11.6 Å². The maximum atomic E-state index is 11.8. The molecule has 1 aromatic heterocycles. The molecule has 1 heterocycles. The lowest BCUT2D eigenvalue weighted by molar-refractivity contribution is 0.0696. The summed E-state index contributed by atoms with van der Waals surface area (Å²) < 4.78 is 0. The van der Waals surface area contributed by atoms with Crippen LogP contribution in [0.1, 0.15) is 47.8 Å². The predicted octanol–water partition coefficient (Wildman–Crippen LogP) is 4.27. The van der Waals surface area contributed by atoms with E-state index in [2.05, 4.69) is 18.8 Å². The molecule has 1 N–H and O–H groups in total. The van der Waals surface area contributed by atoms with Crippen LogP contribution in [0.15, 0.2) is 18.2 Å². The summed E-state index contributed by atoms with van der Waals surface area (Å²) in [6.07, 6.45) is 1.82. The molecule has 1 aliphatic carbocycles. The van der Waals surface area contributed by atoms with Crippen LogP contribution in [0.4, 0.5) is 0 Å². The molecule has 0 fully saturated rings. The van der Waals surface area contributed by atoms with E-state index in [9.17, 15) is 9.90 Å². The molecular weight excluding hydrogens is 274 g/mol. The molecule has 0 spiro atoms. The summed E-state index contributed by atoms with van der Waals surface area (Å²) in [6, 6.07) is 5.33. The van der Waals surface area contributed by atoms with Gasteiger partial charge in [0.15, 0.2) is 0 Å². The summed E-state index contributed by atoms with van der Waals surface area (Å²) in [7, 11) is 0. The molecule has 0 bridgehead atoms. The van der Waals surface area contributed by atoms with Gasteiger partial charge in [-0.15, -0.1) is 0 Å². The molecule has 0 saturated heterocycles. The molecule has 1 aromatic carbocycles. The smallest absolute Gasteiger partial charge is 0.336 e. The standard InChI is InChI=1S/C16H16ClNO2/c1-8-6-9(2)13-12(7-8)18-15-10(14(13)16(19)20)4-3-5-11(15)17/h3-5,8-9H,6-7H2,1-2H3,(H,19,20). The van der Waals surface area contributed by atoms with E-state index < -0.39 is 5.97 Å². The van der Waals surface area contributed by atoms with Gasteiger partial charge in [0.2, 0.25) is 0 Å². The maximum absolute atomic E-state index is 11.8. The Bertz CT molecular complexity index is 711. The number of fused-ring (bicyclic) bond motifs is 2. The highest BCUT2D eigenvalue weighted by atomic mass is 35.5. The van der Waals surface area contributed by atoms with Gasteiger partial charge in [-0.3, -0.25) is 4.98 Å². The molecule has 1 aliphatic rings. The van der Waals surface area contributed by atoms with Gasteiger partial charge in [0.1, 0.15) is 0 Å². The van der Waals surface area contributed by atoms with Crippen molar-refractivity contribution in [1.82, 2.24) is 4.98 Å². The van der Waals surface area contributed by atoms with Crippen LogP contribution in [-0.2, 0) is 6.42 Å². The first-order valence-electron chi connectivity index (χ1n) is 6.83. The minimum atomic E-state index is -0.891. The second-order valence-electron chi connectivity index (χ2n) is 5.73. The highest BCUT2D eigenvalue weighted by Gasteiger charge is 2.29. The zero-order valence-corrected chi connectivity index (χ0v) is 12.2. The Morgan fingerprint density at radius 1 is 1.40 bits per heavy atom. The van der Waals surface area contributed by atoms with Crippen molar-refractivity contribution in [3.63, 3.8) is 0 Å². The third-order valence-electron chi connectivity index (χ3n) is 4.09. The summed E-state index contributed by atoms with van der Waals surface area (Å²) in [5.74, 6) is -0.153. The van der Waals surface area contributed by atoms with E-state index in [-0.39, 0.29) is 5.92 Å². The number of carboxylic acid groups (broad SMARTS) is 1. The van der Waals surface area contributed by atoms with Crippen molar-refractivity contribution >= 4 is 28.5 Å². The zero-order chi connectivity index (χ0) is 14.4. The molecule has 104 valence electrons. The van der Waals surface area contributed by atoms with Gasteiger partial charge in [-0.1, -0.05) is 37.6 Å². The van der Waals surface area contributed by atoms with Crippen LogP contribution in [0, 0.1) is 5.92 Å². The third-order valence-corrected chi connectivity index (χ3v) is 4.39. The molecule has 2 aromatic rings. The van der Waals surface area contributed by atoms with Crippen LogP contribution < -0.4 is 0 Å². The number of para-hydroxylation sites is 1. The van der Waals surface area contributed by atoms with Gasteiger partial charge in [-0.25, -0.2) is 4.79 Å². The monoisotopic (exact) mass is 289 g/mol. The van der Waals surface area contributed by atoms with Gasteiger partial charge >= 0.3 is 5.97 Å². The molecule has 3 rings (SSSR count). The SMILES string of the molecule is CC1Cc2nc3c(Cl)cccc3c(C(=O)O)c2C(C)C1. The van der Waals surface area contributed by atoms with Gasteiger partial charge in [-0.05, 0) is 36.3 Å². The van der Waals surface area contributed by atoms with Crippen LogP contribution in [0.2, 0.25) is 5.02 Å². The minimum Gasteiger partial charge on any atom is -0.478 e. The van der Waals surface area contributed by atoms with E-state index in [1.54, 1.807) is 18.2 Å². The van der Waals surface area contributed by atoms with Crippen molar-refractivity contribution < 1.29 is 9.90 Å². The van der Waals surface area contributed by atoms with E-state index >= 15 is 0 Å². The number of carboxylic acids is 1. The molecular formula is C16H16ClNO2. The third kappa shape index (κ3) is 1.97. The normalized spacial score (nSPS) is 21.8. The Morgan fingerprint density at radius 2 is 2.15 bits per heavy atom. The first-order chi connectivity index (χ1) is 9.49. The topological polar surface area (TPSA) is 50.2 Å². The zero-order valence-electron chi connectivity index (χ0n) is 11.5. The number of nitrogens with zero attached hydrogens (tertiary/aromatic N) is 1. The number of carbonyl (C=O) groups is 1.